The van der Waals surface area contributed by atoms with Gasteiger partial charge in [0, 0.05) is 17.6 Å². The molecule has 0 radical (unpaired) electrons. The third kappa shape index (κ3) is 5.91. The molecule has 1 aromatic rings. The Balaban J connectivity index is 2.64. The van der Waals surface area contributed by atoms with Crippen molar-refractivity contribution in [3.8, 4) is 0 Å². The summed E-state index contributed by atoms with van der Waals surface area (Å²) in [5.41, 5.74) is 1.16. The summed E-state index contributed by atoms with van der Waals surface area (Å²) < 4.78 is 0. The highest BCUT2D eigenvalue weighted by atomic mass is 35.5. The fourth-order valence-corrected chi connectivity index (χ4v) is 2.34. The molecule has 4 heteroatoms. The van der Waals surface area contributed by atoms with Gasteiger partial charge in [-0.1, -0.05) is 36.7 Å². The van der Waals surface area contributed by atoms with Crippen LogP contribution in [0.4, 0.5) is 0 Å². The number of halogens is 1. The summed E-state index contributed by atoms with van der Waals surface area (Å²) in [5, 5.41) is 13.3. The number of nitrogens with one attached hydrogen (secondary N) is 1. The number of nitrogens with zero attached hydrogens (tertiary/aromatic N) is 1. The Kier molecular flexibility index (Phi) is 8.07. The van der Waals surface area contributed by atoms with Crippen LogP contribution < -0.4 is 5.32 Å². The number of hydrogen-bond donors (Lipinski definition) is 2. The molecule has 0 saturated carbocycles. The molecule has 0 amide bonds. The van der Waals surface area contributed by atoms with Crippen molar-refractivity contribution >= 4 is 11.6 Å². The maximum absolute atomic E-state index is 8.93. The van der Waals surface area contributed by atoms with E-state index in [4.69, 9.17) is 16.7 Å². The summed E-state index contributed by atoms with van der Waals surface area (Å²) in [6.07, 6.45) is 2.09. The lowest BCUT2D eigenvalue weighted by molar-refractivity contribution is 0.215. The van der Waals surface area contributed by atoms with Crippen molar-refractivity contribution in [3.63, 3.8) is 0 Å². The quantitative estimate of drug-likeness (QED) is 0.732. The smallest absolute Gasteiger partial charge is 0.0558 e. The molecule has 2 N–H and O–H groups in total. The average Bonchev–Trinajstić information content (AvgIpc) is 2.40. The van der Waals surface area contributed by atoms with Crippen molar-refractivity contribution in [1.29, 1.82) is 0 Å². The van der Waals surface area contributed by atoms with Crippen molar-refractivity contribution in [1.82, 2.24) is 10.2 Å². The third-order valence-corrected chi connectivity index (χ3v) is 3.55. The molecule has 1 rings (SSSR count). The number of aliphatic hydroxyl groups is 1. The predicted octanol–water partition coefficient (Wildman–Crippen LogP) is 2.69. The highest BCUT2D eigenvalue weighted by molar-refractivity contribution is 6.31. The summed E-state index contributed by atoms with van der Waals surface area (Å²) in [6, 6.07) is 8.28. The maximum Gasteiger partial charge on any atom is 0.0558 e. The van der Waals surface area contributed by atoms with Gasteiger partial charge in [0.15, 0.2) is 0 Å². The Morgan fingerprint density at radius 1 is 1.32 bits per heavy atom. The molecule has 1 unspecified atom stereocenters. The molecule has 0 spiro atoms. The van der Waals surface area contributed by atoms with E-state index in [1.54, 1.807) is 0 Å². The van der Waals surface area contributed by atoms with Crippen LogP contribution in [0.15, 0.2) is 24.3 Å². The summed E-state index contributed by atoms with van der Waals surface area (Å²) >= 11 is 6.28. The first-order valence-corrected chi connectivity index (χ1v) is 7.34. The molecule has 0 aromatic heterocycles. The first-order chi connectivity index (χ1) is 9.19. The standard InChI is InChI=1S/C15H25ClN2O/c1-3-9-17-15(8-10-18(2)11-12-19)13-6-4-5-7-14(13)16/h4-7,15,17,19H,3,8-12H2,1-2H3. The van der Waals surface area contributed by atoms with E-state index in [2.05, 4.69) is 23.2 Å². The molecule has 0 aliphatic heterocycles. The minimum atomic E-state index is 0.204. The van der Waals surface area contributed by atoms with Crippen LogP contribution in [-0.4, -0.2) is 43.3 Å². The van der Waals surface area contributed by atoms with Crippen LogP contribution in [0.25, 0.3) is 0 Å². The zero-order chi connectivity index (χ0) is 14.1. The van der Waals surface area contributed by atoms with E-state index < -0.39 is 0 Å². The van der Waals surface area contributed by atoms with E-state index in [9.17, 15) is 0 Å². The second kappa shape index (κ2) is 9.32. The molecule has 1 aromatic carbocycles. The van der Waals surface area contributed by atoms with E-state index in [1.165, 1.54) is 0 Å². The second-order valence-electron chi connectivity index (χ2n) is 4.84. The van der Waals surface area contributed by atoms with Crippen LogP contribution in [0.2, 0.25) is 5.02 Å². The van der Waals surface area contributed by atoms with Crippen LogP contribution in [0.5, 0.6) is 0 Å². The Labute approximate surface area is 121 Å². The van der Waals surface area contributed by atoms with Crippen LogP contribution in [-0.2, 0) is 0 Å². The van der Waals surface area contributed by atoms with Gasteiger partial charge in [0.2, 0.25) is 0 Å². The number of likely N-dealkylation sites (N-methyl/N-ethyl adjacent to an activating group) is 1. The summed E-state index contributed by atoms with van der Waals surface area (Å²) in [5.74, 6) is 0. The highest BCUT2D eigenvalue weighted by Gasteiger charge is 2.14. The minimum absolute atomic E-state index is 0.204. The van der Waals surface area contributed by atoms with E-state index >= 15 is 0 Å². The molecular weight excluding hydrogens is 260 g/mol. The van der Waals surface area contributed by atoms with E-state index in [-0.39, 0.29) is 12.6 Å². The van der Waals surface area contributed by atoms with Crippen molar-refractivity contribution < 1.29 is 5.11 Å². The SMILES string of the molecule is CCCNC(CCN(C)CCO)c1ccccc1Cl. The number of hydrogen-bond acceptors (Lipinski definition) is 3. The van der Waals surface area contributed by atoms with Crippen LogP contribution in [0.1, 0.15) is 31.4 Å². The molecule has 0 saturated heterocycles. The van der Waals surface area contributed by atoms with Crippen LogP contribution >= 0.6 is 11.6 Å². The van der Waals surface area contributed by atoms with E-state index in [0.717, 1.165) is 36.5 Å². The number of aliphatic hydroxyl groups excluding tert-OH is 1. The van der Waals surface area contributed by atoms with Gasteiger partial charge in [-0.25, -0.2) is 0 Å². The van der Waals surface area contributed by atoms with Gasteiger partial charge in [0.05, 0.1) is 6.61 Å². The topological polar surface area (TPSA) is 35.5 Å². The molecule has 0 heterocycles. The average molecular weight is 285 g/mol. The molecule has 3 nitrogen and oxygen atoms in total. The lowest BCUT2D eigenvalue weighted by Gasteiger charge is -2.23. The first kappa shape index (κ1) is 16.4. The van der Waals surface area contributed by atoms with Gasteiger partial charge >= 0.3 is 0 Å². The lowest BCUT2D eigenvalue weighted by atomic mass is 10.0. The van der Waals surface area contributed by atoms with Crippen LogP contribution in [0.3, 0.4) is 0 Å². The third-order valence-electron chi connectivity index (χ3n) is 3.20. The lowest BCUT2D eigenvalue weighted by Crippen LogP contribution is -2.29. The fourth-order valence-electron chi connectivity index (χ4n) is 2.08. The minimum Gasteiger partial charge on any atom is -0.395 e. The van der Waals surface area contributed by atoms with Gasteiger partial charge < -0.3 is 15.3 Å². The summed E-state index contributed by atoms with van der Waals surface area (Å²) in [4.78, 5) is 2.14. The molecule has 108 valence electrons. The van der Waals surface area contributed by atoms with E-state index in [1.807, 2.05) is 25.2 Å². The maximum atomic E-state index is 8.93. The zero-order valence-corrected chi connectivity index (χ0v) is 12.7. The van der Waals surface area contributed by atoms with Crippen molar-refractivity contribution in [2.24, 2.45) is 0 Å². The Bertz CT molecular complexity index is 360. The van der Waals surface area contributed by atoms with Crippen molar-refractivity contribution in [3.05, 3.63) is 34.9 Å². The highest BCUT2D eigenvalue weighted by Crippen LogP contribution is 2.25. The normalized spacial score (nSPS) is 12.9. The Morgan fingerprint density at radius 3 is 2.68 bits per heavy atom. The van der Waals surface area contributed by atoms with Crippen molar-refractivity contribution in [2.45, 2.75) is 25.8 Å². The van der Waals surface area contributed by atoms with Crippen molar-refractivity contribution in [2.75, 3.05) is 33.3 Å². The molecule has 19 heavy (non-hydrogen) atoms. The van der Waals surface area contributed by atoms with Gasteiger partial charge in [-0.15, -0.1) is 0 Å². The molecule has 0 aliphatic carbocycles. The van der Waals surface area contributed by atoms with Crippen LogP contribution in [0, 0.1) is 0 Å². The molecular formula is C15H25ClN2O. The fraction of sp³-hybridized carbons (Fsp3) is 0.600. The van der Waals surface area contributed by atoms with Gasteiger partial charge in [-0.2, -0.15) is 0 Å². The molecule has 0 bridgehead atoms. The largest absolute Gasteiger partial charge is 0.395 e. The number of benzene rings is 1. The summed E-state index contributed by atoms with van der Waals surface area (Å²) in [7, 11) is 2.03. The Morgan fingerprint density at radius 2 is 2.05 bits per heavy atom. The zero-order valence-electron chi connectivity index (χ0n) is 11.9. The van der Waals surface area contributed by atoms with Gasteiger partial charge in [-0.3, -0.25) is 0 Å². The predicted molar refractivity (Wildman–Crippen MR) is 81.7 cm³/mol. The van der Waals surface area contributed by atoms with E-state index in [0.29, 0.717) is 6.54 Å². The van der Waals surface area contributed by atoms with Gasteiger partial charge in [-0.05, 0) is 44.6 Å². The van der Waals surface area contributed by atoms with Gasteiger partial charge in [0.25, 0.3) is 0 Å². The first-order valence-electron chi connectivity index (χ1n) is 6.96. The number of rotatable bonds is 9. The summed E-state index contributed by atoms with van der Waals surface area (Å²) in [6.45, 7) is 5.00. The molecule has 0 fully saturated rings. The molecule has 0 aliphatic rings. The monoisotopic (exact) mass is 284 g/mol. The van der Waals surface area contributed by atoms with Gasteiger partial charge in [0.1, 0.15) is 0 Å². The molecule has 1 atom stereocenters. The second-order valence-corrected chi connectivity index (χ2v) is 5.25. The Hall–Kier alpha value is -0.610.